The summed E-state index contributed by atoms with van der Waals surface area (Å²) in [5.74, 6) is 2.96. The Kier molecular flexibility index (Phi) is 11.4. The van der Waals surface area contributed by atoms with Crippen LogP contribution in [0.5, 0.6) is 0 Å². The Labute approximate surface area is 410 Å². The molecule has 2 fully saturated rings. The third-order valence-corrected chi connectivity index (χ3v) is 20.8. The van der Waals surface area contributed by atoms with Crippen molar-refractivity contribution in [1.82, 2.24) is 20.4 Å². The number of para-hydroxylation sites is 1. The smallest absolute Gasteiger partial charge is 0.0852 e. The quantitative estimate of drug-likeness (QED) is 0.287. The predicted molar refractivity (Wildman–Crippen MR) is 279 cm³/mol. The maximum absolute atomic E-state index is 11.8. The average molecular weight is 911 g/mol. The lowest BCUT2D eigenvalue weighted by molar-refractivity contribution is -0.0363. The molecule has 8 aliphatic carbocycles. The van der Waals surface area contributed by atoms with Crippen molar-refractivity contribution >= 4 is 5.69 Å². The summed E-state index contributed by atoms with van der Waals surface area (Å²) in [7, 11) is 2.44. The molecule has 6 heteroatoms. The molecule has 3 aliphatic heterocycles. The van der Waals surface area contributed by atoms with E-state index in [1.54, 1.807) is 22.5 Å². The zero-order valence-electron chi connectivity index (χ0n) is 42.7. The monoisotopic (exact) mass is 911 g/mol. The molecule has 13 unspecified atom stereocenters. The summed E-state index contributed by atoms with van der Waals surface area (Å²) in [6.07, 6.45) is 44.4. The lowest BCUT2D eigenvalue weighted by Gasteiger charge is -2.59. The molecule has 1 aromatic rings. The molecule has 0 spiro atoms. The van der Waals surface area contributed by atoms with Crippen LogP contribution in [-0.4, -0.2) is 53.5 Å². The Morgan fingerprint density at radius 3 is 2.41 bits per heavy atom. The van der Waals surface area contributed by atoms with Crippen LogP contribution in [0, 0.1) is 63.6 Å². The van der Waals surface area contributed by atoms with Gasteiger partial charge in [-0.1, -0.05) is 126 Å². The van der Waals surface area contributed by atoms with Gasteiger partial charge in [0.25, 0.3) is 0 Å². The standard InChI is InChI=1S/C62H82N6/c1-60(2)46-28-13-17-32-50(46)67(51-33-18-14-29-47(51)60)54-37-55(68-52-34-19-15-30-48(52)61(3,4)49-31-16-20-35-53(49)68)44(36-40(54)38-63)57-64-58(39-22-9-8-10-23-39)66(7)59(65-57)43-26-21-25-42-41-24-11-12-27-45(41)62(5,6)56(42)43/h8-9,13-15,17,21,24,26,28-30,32,36,39-40,42-43,45,47,51,54-59,64-65H,10-12,16,18-20,22-23,25,27,31,33-35,37H2,1-7H3. The number of allylic oxidation sites excluding steroid dienone is 12. The second kappa shape index (κ2) is 17.2. The molecule has 2 N–H and O–H groups in total. The van der Waals surface area contributed by atoms with E-state index >= 15 is 0 Å². The Hall–Kier alpha value is -3.89. The minimum atomic E-state index is -0.247. The van der Waals surface area contributed by atoms with Crippen molar-refractivity contribution in [3.8, 4) is 6.07 Å². The SMILES string of the molecule is CN1C(C2CC=CCC2)NC(C2=CC(C#N)C(N3c4ccccc4C(C)(C)C4C=CCCC43)CC2N2C3=C(C=CCC3)C(C)(C)C3=C2CCCC3)NC1C1C=CCC2C3=CCCCC3C(C)(C)C21. The highest BCUT2D eigenvalue weighted by Gasteiger charge is 2.59. The molecule has 11 aliphatic rings. The van der Waals surface area contributed by atoms with Gasteiger partial charge in [-0.25, -0.2) is 0 Å². The van der Waals surface area contributed by atoms with E-state index in [0.717, 1.165) is 51.4 Å². The van der Waals surface area contributed by atoms with Crippen LogP contribution in [-0.2, 0) is 5.41 Å². The molecule has 1 aromatic carbocycles. The van der Waals surface area contributed by atoms with Gasteiger partial charge in [-0.15, -0.1) is 0 Å². The molecule has 0 aromatic heterocycles. The highest BCUT2D eigenvalue weighted by molar-refractivity contribution is 5.63. The molecule has 3 heterocycles. The van der Waals surface area contributed by atoms with Crippen LogP contribution in [0.25, 0.3) is 0 Å². The average Bonchev–Trinajstić information content (AvgIpc) is 3.60. The van der Waals surface area contributed by atoms with E-state index in [4.69, 9.17) is 0 Å². The van der Waals surface area contributed by atoms with E-state index in [9.17, 15) is 5.26 Å². The molecule has 68 heavy (non-hydrogen) atoms. The summed E-state index contributed by atoms with van der Waals surface area (Å²) in [6.45, 7) is 15.3. The lowest BCUT2D eigenvalue weighted by atomic mass is 9.63. The van der Waals surface area contributed by atoms with Crippen LogP contribution in [0.4, 0.5) is 5.69 Å². The van der Waals surface area contributed by atoms with Crippen molar-refractivity contribution in [3.63, 3.8) is 0 Å². The van der Waals surface area contributed by atoms with Gasteiger partial charge >= 0.3 is 0 Å². The van der Waals surface area contributed by atoms with Gasteiger partial charge in [0, 0.05) is 40.4 Å². The van der Waals surface area contributed by atoms with Crippen molar-refractivity contribution in [3.05, 3.63) is 124 Å². The third kappa shape index (κ3) is 6.92. The molecule has 6 nitrogen and oxygen atoms in total. The van der Waals surface area contributed by atoms with E-state index in [1.165, 1.54) is 73.8 Å². The van der Waals surface area contributed by atoms with Crippen molar-refractivity contribution in [2.45, 2.75) is 186 Å². The Morgan fingerprint density at radius 2 is 1.57 bits per heavy atom. The van der Waals surface area contributed by atoms with Crippen molar-refractivity contribution in [2.24, 2.45) is 52.3 Å². The zero-order valence-corrected chi connectivity index (χ0v) is 42.7. The molecule has 360 valence electrons. The number of rotatable bonds is 5. The fourth-order valence-corrected chi connectivity index (χ4v) is 17.6. The van der Waals surface area contributed by atoms with Crippen LogP contribution in [0.1, 0.15) is 150 Å². The number of hydrogen-bond donors (Lipinski definition) is 2. The van der Waals surface area contributed by atoms with Gasteiger partial charge in [-0.3, -0.25) is 15.5 Å². The van der Waals surface area contributed by atoms with E-state index in [-0.39, 0.29) is 52.7 Å². The first kappa shape index (κ1) is 45.3. The zero-order chi connectivity index (χ0) is 46.7. The van der Waals surface area contributed by atoms with E-state index in [0.29, 0.717) is 41.5 Å². The predicted octanol–water partition coefficient (Wildman–Crippen LogP) is 13.1. The molecule has 1 saturated heterocycles. The number of nitriles is 1. The van der Waals surface area contributed by atoms with Crippen LogP contribution < -0.4 is 15.5 Å². The summed E-state index contributed by atoms with van der Waals surface area (Å²) in [4.78, 5) is 8.56. The summed E-state index contributed by atoms with van der Waals surface area (Å²) < 4.78 is 0. The van der Waals surface area contributed by atoms with Gasteiger partial charge in [0.2, 0.25) is 0 Å². The van der Waals surface area contributed by atoms with E-state index < -0.39 is 0 Å². The topological polar surface area (TPSA) is 57.6 Å². The molecule has 13 atom stereocenters. The number of nitrogens with one attached hydrogen (secondary N) is 2. The van der Waals surface area contributed by atoms with Crippen LogP contribution in [0.2, 0.25) is 0 Å². The summed E-state index contributed by atoms with van der Waals surface area (Å²) in [5, 5.41) is 20.8. The van der Waals surface area contributed by atoms with Crippen molar-refractivity contribution in [1.29, 1.82) is 5.26 Å². The van der Waals surface area contributed by atoms with Crippen LogP contribution >= 0.6 is 0 Å². The van der Waals surface area contributed by atoms with Crippen LogP contribution in [0.15, 0.2) is 119 Å². The van der Waals surface area contributed by atoms with Gasteiger partial charge < -0.3 is 9.80 Å². The first-order valence-electron chi connectivity index (χ1n) is 27.7. The largest absolute Gasteiger partial charge is 0.363 e. The van der Waals surface area contributed by atoms with E-state index in [1.807, 2.05) is 0 Å². The molecular formula is C62H82N6. The third-order valence-electron chi connectivity index (χ3n) is 20.8. The second-order valence-electron chi connectivity index (χ2n) is 25.1. The first-order chi connectivity index (χ1) is 32.9. The second-order valence-corrected chi connectivity index (χ2v) is 25.1. The fourth-order valence-electron chi connectivity index (χ4n) is 17.6. The summed E-state index contributed by atoms with van der Waals surface area (Å²) in [6, 6.07) is 12.9. The van der Waals surface area contributed by atoms with Gasteiger partial charge in [0.1, 0.15) is 0 Å². The number of fused-ring (bicyclic) bond motifs is 5. The fraction of sp³-hybridized carbons (Fsp3) is 0.629. The Morgan fingerprint density at radius 1 is 0.750 bits per heavy atom. The molecular weight excluding hydrogens is 829 g/mol. The first-order valence-corrected chi connectivity index (χ1v) is 27.7. The number of benzene rings is 1. The maximum Gasteiger partial charge on any atom is 0.0852 e. The van der Waals surface area contributed by atoms with Crippen molar-refractivity contribution in [2.75, 3.05) is 11.9 Å². The van der Waals surface area contributed by atoms with E-state index in [2.05, 4.69) is 165 Å². The van der Waals surface area contributed by atoms with Crippen LogP contribution in [0.3, 0.4) is 0 Å². The minimum Gasteiger partial charge on any atom is -0.363 e. The lowest BCUT2D eigenvalue weighted by Crippen LogP contribution is -2.73. The number of nitrogens with zero attached hydrogens (tertiary/aromatic N) is 4. The number of anilines is 1. The van der Waals surface area contributed by atoms with Gasteiger partial charge in [0.05, 0.1) is 42.6 Å². The van der Waals surface area contributed by atoms with Crippen molar-refractivity contribution < 1.29 is 0 Å². The normalized spacial score (nSPS) is 40.0. The molecule has 0 amide bonds. The van der Waals surface area contributed by atoms with Gasteiger partial charge in [-0.2, -0.15) is 5.26 Å². The highest BCUT2D eigenvalue weighted by Crippen LogP contribution is 2.63. The minimum absolute atomic E-state index is 0.00929. The van der Waals surface area contributed by atoms with Gasteiger partial charge in [-0.05, 0) is 173 Å². The number of hydrogen-bond acceptors (Lipinski definition) is 6. The summed E-state index contributed by atoms with van der Waals surface area (Å²) in [5.41, 5.74) is 12.6. The highest BCUT2D eigenvalue weighted by atomic mass is 15.4. The molecule has 12 rings (SSSR count). The Bertz CT molecular complexity index is 2460. The molecule has 0 radical (unpaired) electrons. The Balaban J connectivity index is 1.02. The molecule has 1 saturated carbocycles. The molecule has 0 bridgehead atoms. The summed E-state index contributed by atoms with van der Waals surface area (Å²) >= 11 is 0. The maximum atomic E-state index is 11.8. The van der Waals surface area contributed by atoms with Gasteiger partial charge in [0.15, 0.2) is 0 Å².